The Morgan fingerprint density at radius 1 is 1.02 bits per heavy atom. The summed E-state index contributed by atoms with van der Waals surface area (Å²) in [5.74, 6) is -1.33. The van der Waals surface area contributed by atoms with Gasteiger partial charge in [0.05, 0.1) is 18.2 Å². The minimum atomic E-state index is -0.980. The molecule has 1 N–H and O–H groups in total. The summed E-state index contributed by atoms with van der Waals surface area (Å²) in [6.45, 7) is 2.70. The number of Topliss-reactive ketones (excluding diaryl/α,β-unsaturated/α-hetero) is 1. The average Bonchev–Trinajstić information content (AvgIpc) is 3.57. The molecule has 0 aliphatic carbocycles. The van der Waals surface area contributed by atoms with Crippen LogP contribution in [-0.4, -0.2) is 33.6 Å². The van der Waals surface area contributed by atoms with Crippen LogP contribution in [0.5, 0.6) is 5.75 Å². The van der Waals surface area contributed by atoms with Crippen LogP contribution in [0.25, 0.3) is 5.76 Å². The van der Waals surface area contributed by atoms with E-state index in [4.69, 9.17) is 16.3 Å². The Morgan fingerprint density at radius 3 is 2.43 bits per heavy atom. The summed E-state index contributed by atoms with van der Waals surface area (Å²) < 4.78 is 20.0. The zero-order valence-electron chi connectivity index (χ0n) is 22.6. The Bertz CT molecular complexity index is 1590. The van der Waals surface area contributed by atoms with Crippen LogP contribution in [0.1, 0.15) is 48.9 Å². The van der Waals surface area contributed by atoms with Crippen molar-refractivity contribution in [2.75, 3.05) is 11.5 Å². The van der Waals surface area contributed by atoms with Gasteiger partial charge in [-0.25, -0.2) is 4.39 Å². The van der Waals surface area contributed by atoms with Crippen LogP contribution in [0.4, 0.5) is 9.52 Å². The van der Waals surface area contributed by atoms with Crippen LogP contribution in [0.2, 0.25) is 5.02 Å². The zero-order chi connectivity index (χ0) is 29.6. The zero-order valence-corrected chi connectivity index (χ0v) is 25.0. The summed E-state index contributed by atoms with van der Waals surface area (Å²) in [4.78, 5) is 28.1. The number of anilines is 1. The molecule has 216 valence electrons. The number of unbranched alkanes of at least 4 members (excludes halogenated alkanes) is 2. The molecular weight excluding hydrogens is 597 g/mol. The van der Waals surface area contributed by atoms with Gasteiger partial charge in [-0.15, -0.1) is 10.2 Å². The first-order valence-corrected chi connectivity index (χ1v) is 15.5. The number of rotatable bonds is 11. The predicted molar refractivity (Wildman–Crippen MR) is 164 cm³/mol. The summed E-state index contributed by atoms with van der Waals surface area (Å²) in [6.07, 6.45) is 3.09. The van der Waals surface area contributed by atoms with E-state index in [9.17, 15) is 19.1 Å². The number of thioether (sulfide) groups is 1. The van der Waals surface area contributed by atoms with Crippen molar-refractivity contribution in [2.24, 2.45) is 0 Å². The number of hydrogen-bond acceptors (Lipinski definition) is 8. The van der Waals surface area contributed by atoms with Gasteiger partial charge in [-0.05, 0) is 66.1 Å². The first kappa shape index (κ1) is 29.8. The quantitative estimate of drug-likeness (QED) is 0.0455. The number of carbonyl (C=O) groups excluding carboxylic acids is 2. The van der Waals surface area contributed by atoms with Crippen LogP contribution in [-0.2, 0) is 15.3 Å². The van der Waals surface area contributed by atoms with Crippen molar-refractivity contribution in [3.63, 3.8) is 0 Å². The Kier molecular flexibility index (Phi) is 9.56. The van der Waals surface area contributed by atoms with E-state index in [-0.39, 0.29) is 16.3 Å². The molecule has 5 rings (SSSR count). The summed E-state index contributed by atoms with van der Waals surface area (Å²) in [7, 11) is 0. The normalized spacial score (nSPS) is 16.3. The van der Waals surface area contributed by atoms with E-state index in [1.54, 1.807) is 24.3 Å². The lowest BCUT2D eigenvalue weighted by Gasteiger charge is -2.22. The van der Waals surface area contributed by atoms with Gasteiger partial charge in [-0.1, -0.05) is 78.7 Å². The average molecular weight is 624 g/mol. The van der Waals surface area contributed by atoms with E-state index in [0.717, 1.165) is 24.8 Å². The molecule has 0 spiro atoms. The Balaban J connectivity index is 1.48. The molecule has 4 aromatic rings. The van der Waals surface area contributed by atoms with Crippen LogP contribution >= 0.6 is 34.7 Å². The molecule has 0 bridgehead atoms. The maximum atomic E-state index is 13.6. The predicted octanol–water partition coefficient (Wildman–Crippen LogP) is 7.82. The fraction of sp³-hybridized carbons (Fsp3) is 0.226. The van der Waals surface area contributed by atoms with Crippen LogP contribution in [0, 0.1) is 5.82 Å². The highest BCUT2D eigenvalue weighted by atomic mass is 35.5. The topological polar surface area (TPSA) is 92.6 Å². The van der Waals surface area contributed by atoms with Gasteiger partial charge in [0, 0.05) is 16.3 Å². The van der Waals surface area contributed by atoms with Crippen molar-refractivity contribution >= 4 is 57.3 Å². The summed E-state index contributed by atoms with van der Waals surface area (Å²) in [5.41, 5.74) is 1.71. The molecule has 11 heteroatoms. The highest BCUT2D eigenvalue weighted by molar-refractivity contribution is 8.00. The van der Waals surface area contributed by atoms with E-state index < -0.39 is 29.3 Å². The van der Waals surface area contributed by atoms with Crippen LogP contribution in [0.15, 0.2) is 82.7 Å². The largest absolute Gasteiger partial charge is 0.507 e. The number of aliphatic hydroxyl groups is 1. The fourth-order valence-electron chi connectivity index (χ4n) is 4.48. The van der Waals surface area contributed by atoms with E-state index in [2.05, 4.69) is 17.1 Å². The first-order valence-electron chi connectivity index (χ1n) is 13.4. The highest BCUT2D eigenvalue weighted by Gasteiger charge is 2.48. The van der Waals surface area contributed by atoms with Gasteiger partial charge in [0.25, 0.3) is 5.78 Å². The molecule has 1 fully saturated rings. The minimum absolute atomic E-state index is 0.117. The van der Waals surface area contributed by atoms with Gasteiger partial charge in [-0.3, -0.25) is 14.5 Å². The van der Waals surface area contributed by atoms with Crippen molar-refractivity contribution in [2.45, 2.75) is 42.3 Å². The number of ketones is 1. The molecule has 1 aliphatic heterocycles. The second-order valence-electron chi connectivity index (χ2n) is 9.57. The van der Waals surface area contributed by atoms with Gasteiger partial charge in [0.15, 0.2) is 4.34 Å². The highest BCUT2D eigenvalue weighted by Crippen LogP contribution is 2.44. The number of halogens is 2. The number of nitrogens with zero attached hydrogens (tertiary/aromatic N) is 3. The smallest absolute Gasteiger partial charge is 0.301 e. The second-order valence-corrected chi connectivity index (χ2v) is 12.2. The molecule has 1 aromatic heterocycles. The van der Waals surface area contributed by atoms with Crippen molar-refractivity contribution in [3.8, 4) is 5.75 Å². The molecule has 1 amide bonds. The molecule has 1 saturated heterocycles. The number of hydrogen-bond donors (Lipinski definition) is 1. The summed E-state index contributed by atoms with van der Waals surface area (Å²) in [6, 6.07) is 18.6. The van der Waals surface area contributed by atoms with Crippen molar-refractivity contribution in [3.05, 3.63) is 106 Å². The molecule has 0 radical (unpaired) electrons. The summed E-state index contributed by atoms with van der Waals surface area (Å²) in [5, 5.41) is 20.6. The van der Waals surface area contributed by atoms with Gasteiger partial charge in [0.2, 0.25) is 5.13 Å². The molecule has 3 aromatic carbocycles. The van der Waals surface area contributed by atoms with Crippen LogP contribution in [0.3, 0.4) is 0 Å². The van der Waals surface area contributed by atoms with Crippen molar-refractivity contribution < 1.29 is 23.8 Å². The number of aromatic nitrogens is 2. The maximum Gasteiger partial charge on any atom is 0.301 e. The fourth-order valence-corrected chi connectivity index (χ4v) is 6.43. The standard InChI is InChI=1S/C31H27ClFN3O4S2/c1-2-3-4-17-40-24-15-9-20(10-16-24)26-25(27(37)21-7-13-23(33)14-8-21)28(38)29(39)36(26)30-34-35-31(42-30)41-18-19-5-11-22(32)12-6-19/h5-16,26,37H,2-4,17-18H2,1H3/b27-25-. The lowest BCUT2D eigenvalue weighted by atomic mass is 9.95. The van der Waals surface area contributed by atoms with Gasteiger partial charge >= 0.3 is 5.91 Å². The SMILES string of the molecule is CCCCCOc1ccc(C2/C(=C(/O)c3ccc(F)cc3)C(=O)C(=O)N2c2nnc(SCc3ccc(Cl)cc3)s2)cc1. The molecule has 7 nitrogen and oxygen atoms in total. The van der Waals surface area contributed by atoms with Crippen LogP contribution < -0.4 is 9.64 Å². The van der Waals surface area contributed by atoms with E-state index in [0.29, 0.717) is 33.0 Å². The molecule has 42 heavy (non-hydrogen) atoms. The van der Waals surface area contributed by atoms with Crippen molar-refractivity contribution in [1.29, 1.82) is 0 Å². The molecular formula is C31H27ClFN3O4S2. The maximum absolute atomic E-state index is 13.6. The molecule has 2 heterocycles. The Labute approximate surface area is 256 Å². The number of carbonyl (C=O) groups is 2. The van der Waals surface area contributed by atoms with E-state index in [1.807, 2.05) is 24.3 Å². The molecule has 0 saturated carbocycles. The lowest BCUT2D eigenvalue weighted by molar-refractivity contribution is -0.132. The number of aliphatic hydroxyl groups excluding tert-OH is 1. The number of ether oxygens (including phenoxy) is 1. The second kappa shape index (κ2) is 13.5. The molecule has 1 aliphatic rings. The van der Waals surface area contributed by atoms with Gasteiger partial charge in [0.1, 0.15) is 17.3 Å². The summed E-state index contributed by atoms with van der Waals surface area (Å²) >= 11 is 8.60. The van der Waals surface area contributed by atoms with Gasteiger partial charge in [-0.2, -0.15) is 0 Å². The van der Waals surface area contributed by atoms with E-state index >= 15 is 0 Å². The lowest BCUT2D eigenvalue weighted by Crippen LogP contribution is -2.29. The van der Waals surface area contributed by atoms with Crippen molar-refractivity contribution in [1.82, 2.24) is 10.2 Å². The Hall–Kier alpha value is -3.73. The minimum Gasteiger partial charge on any atom is -0.507 e. The van der Waals surface area contributed by atoms with Gasteiger partial charge < -0.3 is 9.84 Å². The third-order valence-corrected chi connectivity index (χ3v) is 9.03. The Morgan fingerprint density at radius 2 is 1.74 bits per heavy atom. The first-order chi connectivity index (χ1) is 20.4. The third kappa shape index (κ3) is 6.67. The molecule has 1 atom stereocenters. The van der Waals surface area contributed by atoms with E-state index in [1.165, 1.54) is 52.3 Å². The number of amides is 1. The number of benzene rings is 3. The monoisotopic (exact) mass is 623 g/mol. The third-order valence-electron chi connectivity index (χ3n) is 6.65. The molecule has 1 unspecified atom stereocenters.